The molecule has 0 N–H and O–H groups in total. The fraction of sp³-hybridized carbons (Fsp3) is 0.333. The van der Waals surface area contributed by atoms with Gasteiger partial charge < -0.3 is 9.64 Å². The maximum absolute atomic E-state index is 12.7. The minimum Gasteiger partial charge on any atom is -0.493 e. The van der Waals surface area contributed by atoms with Crippen LogP contribution in [-0.2, 0) is 17.9 Å². The first-order valence-corrected chi connectivity index (χ1v) is 9.91. The minimum atomic E-state index is -0.105. The predicted octanol–water partition coefficient (Wildman–Crippen LogP) is 3.82. The molecule has 1 amide bonds. The molecular formula is C21H24N2O3S. The number of benzene rings is 2. The van der Waals surface area contributed by atoms with Crippen LogP contribution in [0.25, 0.3) is 10.8 Å². The third-order valence-corrected chi connectivity index (χ3v) is 5.43. The Kier molecular flexibility index (Phi) is 5.96. The van der Waals surface area contributed by atoms with Gasteiger partial charge in [0.05, 0.1) is 6.61 Å². The predicted molar refractivity (Wildman–Crippen MR) is 110 cm³/mol. The molecule has 0 saturated heterocycles. The molecule has 0 spiro atoms. The van der Waals surface area contributed by atoms with Gasteiger partial charge in [0.15, 0.2) is 0 Å². The van der Waals surface area contributed by atoms with E-state index in [-0.39, 0.29) is 17.3 Å². The second-order valence-electron chi connectivity index (χ2n) is 6.59. The van der Waals surface area contributed by atoms with Gasteiger partial charge in [-0.1, -0.05) is 48.6 Å². The van der Waals surface area contributed by atoms with Crippen LogP contribution in [-0.4, -0.2) is 29.0 Å². The molecule has 0 bridgehead atoms. The first-order chi connectivity index (χ1) is 13.0. The number of fused-ring (bicyclic) bond motifs is 1. The molecule has 3 rings (SSSR count). The highest BCUT2D eigenvalue weighted by molar-refractivity contribution is 7.07. The van der Waals surface area contributed by atoms with E-state index < -0.39 is 0 Å². The van der Waals surface area contributed by atoms with Crippen LogP contribution in [0.1, 0.15) is 24.6 Å². The number of nitrogens with zero attached hydrogens (tertiary/aromatic N) is 2. The quantitative estimate of drug-likeness (QED) is 0.622. The maximum Gasteiger partial charge on any atom is 0.307 e. The lowest BCUT2D eigenvalue weighted by molar-refractivity contribution is -0.131. The van der Waals surface area contributed by atoms with Crippen molar-refractivity contribution in [1.82, 2.24) is 9.47 Å². The van der Waals surface area contributed by atoms with Crippen LogP contribution in [0, 0.1) is 6.92 Å². The summed E-state index contributed by atoms with van der Waals surface area (Å²) in [6.07, 6.45) is 0.918. The Bertz CT molecular complexity index is 1010. The Morgan fingerprint density at radius 3 is 2.70 bits per heavy atom. The van der Waals surface area contributed by atoms with Crippen LogP contribution in [0.2, 0.25) is 0 Å². The molecule has 1 aromatic heterocycles. The number of likely N-dealkylation sites (N-methyl/N-ethyl adjacent to an activating group) is 1. The zero-order valence-electron chi connectivity index (χ0n) is 15.9. The van der Waals surface area contributed by atoms with E-state index in [4.69, 9.17) is 4.74 Å². The third kappa shape index (κ3) is 4.22. The first-order valence-electron chi connectivity index (χ1n) is 9.03. The fourth-order valence-electron chi connectivity index (χ4n) is 3.00. The normalized spacial score (nSPS) is 10.9. The Morgan fingerprint density at radius 2 is 2.00 bits per heavy atom. The SMILES string of the molecule is CCCOc1ccc2ccccc2c1CN(C)C(=O)Cn1c(C)csc1=O. The van der Waals surface area contributed by atoms with Crippen LogP contribution >= 0.6 is 11.3 Å². The Balaban J connectivity index is 1.87. The molecule has 6 heteroatoms. The molecule has 0 fully saturated rings. The summed E-state index contributed by atoms with van der Waals surface area (Å²) in [5, 5.41) is 3.97. The molecule has 0 unspecified atom stereocenters. The maximum atomic E-state index is 12.7. The number of aromatic nitrogens is 1. The number of rotatable bonds is 7. The molecule has 1 heterocycles. The van der Waals surface area contributed by atoms with E-state index in [0.29, 0.717) is 13.2 Å². The monoisotopic (exact) mass is 384 g/mol. The van der Waals surface area contributed by atoms with Gasteiger partial charge >= 0.3 is 4.87 Å². The van der Waals surface area contributed by atoms with Gasteiger partial charge in [-0.05, 0) is 30.2 Å². The molecule has 0 aliphatic carbocycles. The van der Waals surface area contributed by atoms with E-state index >= 15 is 0 Å². The Morgan fingerprint density at radius 1 is 1.22 bits per heavy atom. The van der Waals surface area contributed by atoms with Crippen LogP contribution in [0.4, 0.5) is 0 Å². The highest BCUT2D eigenvalue weighted by Gasteiger charge is 2.17. The van der Waals surface area contributed by atoms with E-state index in [0.717, 1.165) is 45.5 Å². The lowest BCUT2D eigenvalue weighted by atomic mass is 10.0. The average Bonchev–Trinajstić information content (AvgIpc) is 2.99. The van der Waals surface area contributed by atoms with Crippen molar-refractivity contribution in [3.63, 3.8) is 0 Å². The molecule has 142 valence electrons. The van der Waals surface area contributed by atoms with Crippen molar-refractivity contribution in [3.05, 3.63) is 62.7 Å². The molecule has 0 radical (unpaired) electrons. The summed E-state index contributed by atoms with van der Waals surface area (Å²) in [5.74, 6) is 0.701. The second kappa shape index (κ2) is 8.39. The van der Waals surface area contributed by atoms with Crippen molar-refractivity contribution < 1.29 is 9.53 Å². The number of amides is 1. The van der Waals surface area contributed by atoms with Gasteiger partial charge in [0, 0.05) is 30.2 Å². The molecule has 27 heavy (non-hydrogen) atoms. The molecular weight excluding hydrogens is 360 g/mol. The van der Waals surface area contributed by atoms with E-state index in [2.05, 4.69) is 19.1 Å². The van der Waals surface area contributed by atoms with Crippen LogP contribution < -0.4 is 9.61 Å². The van der Waals surface area contributed by atoms with Gasteiger partial charge in [-0.3, -0.25) is 14.2 Å². The highest BCUT2D eigenvalue weighted by atomic mass is 32.1. The summed E-state index contributed by atoms with van der Waals surface area (Å²) in [7, 11) is 1.76. The van der Waals surface area contributed by atoms with Crippen molar-refractivity contribution in [2.75, 3.05) is 13.7 Å². The zero-order valence-corrected chi connectivity index (χ0v) is 16.7. The Labute approximate surface area is 162 Å². The van der Waals surface area contributed by atoms with Gasteiger partial charge in [0.1, 0.15) is 12.3 Å². The van der Waals surface area contributed by atoms with Crippen molar-refractivity contribution in [1.29, 1.82) is 0 Å². The van der Waals surface area contributed by atoms with E-state index in [9.17, 15) is 9.59 Å². The molecule has 0 atom stereocenters. The van der Waals surface area contributed by atoms with Crippen LogP contribution in [0.5, 0.6) is 5.75 Å². The molecule has 0 saturated carbocycles. The number of hydrogen-bond donors (Lipinski definition) is 0. The van der Waals surface area contributed by atoms with Gasteiger partial charge in [-0.2, -0.15) is 0 Å². The van der Waals surface area contributed by atoms with E-state index in [1.54, 1.807) is 17.3 Å². The molecule has 5 nitrogen and oxygen atoms in total. The smallest absolute Gasteiger partial charge is 0.307 e. The van der Waals surface area contributed by atoms with Crippen molar-refractivity contribution >= 4 is 28.0 Å². The molecule has 0 aliphatic rings. The number of ether oxygens (including phenoxy) is 1. The van der Waals surface area contributed by atoms with Gasteiger partial charge in [-0.25, -0.2) is 0 Å². The second-order valence-corrected chi connectivity index (χ2v) is 7.41. The standard InChI is InChI=1S/C21H24N2O3S/c1-4-11-26-19-10-9-16-7-5-6-8-17(16)18(19)12-22(3)20(24)13-23-15(2)14-27-21(23)25/h5-10,14H,4,11-13H2,1-3H3. The summed E-state index contributed by atoms with van der Waals surface area (Å²) >= 11 is 1.12. The van der Waals surface area contributed by atoms with Crippen molar-refractivity contribution in [2.24, 2.45) is 0 Å². The summed E-state index contributed by atoms with van der Waals surface area (Å²) in [5.41, 5.74) is 1.80. The fourth-order valence-corrected chi connectivity index (χ4v) is 3.74. The third-order valence-electron chi connectivity index (χ3n) is 4.55. The zero-order chi connectivity index (χ0) is 19.4. The molecule has 0 aliphatic heterocycles. The first kappa shape index (κ1) is 19.2. The van der Waals surface area contributed by atoms with Gasteiger partial charge in [-0.15, -0.1) is 0 Å². The number of carbonyl (C=O) groups is 1. The van der Waals surface area contributed by atoms with Gasteiger partial charge in [0.25, 0.3) is 0 Å². The largest absolute Gasteiger partial charge is 0.493 e. The topological polar surface area (TPSA) is 51.5 Å². The summed E-state index contributed by atoms with van der Waals surface area (Å²) in [6.45, 7) is 5.02. The van der Waals surface area contributed by atoms with Gasteiger partial charge in [0.2, 0.25) is 5.91 Å². The molecule has 2 aromatic carbocycles. The minimum absolute atomic E-state index is 0.0561. The van der Waals surface area contributed by atoms with Crippen LogP contribution in [0.3, 0.4) is 0 Å². The highest BCUT2D eigenvalue weighted by Crippen LogP contribution is 2.29. The summed E-state index contributed by atoms with van der Waals surface area (Å²) < 4.78 is 7.44. The summed E-state index contributed by atoms with van der Waals surface area (Å²) in [6, 6.07) is 12.1. The number of thiazole rings is 1. The van der Waals surface area contributed by atoms with E-state index in [1.165, 1.54) is 4.57 Å². The molecule has 3 aromatic rings. The lowest BCUT2D eigenvalue weighted by Crippen LogP contribution is -2.32. The number of carbonyl (C=O) groups excluding carboxylic acids is 1. The Hall–Kier alpha value is -2.60. The summed E-state index contributed by atoms with van der Waals surface area (Å²) in [4.78, 5) is 26.2. The van der Waals surface area contributed by atoms with Crippen molar-refractivity contribution in [2.45, 2.75) is 33.4 Å². The number of hydrogen-bond acceptors (Lipinski definition) is 4. The van der Waals surface area contributed by atoms with Crippen molar-refractivity contribution in [3.8, 4) is 5.75 Å². The lowest BCUT2D eigenvalue weighted by Gasteiger charge is -2.21. The average molecular weight is 385 g/mol. The van der Waals surface area contributed by atoms with Crippen LogP contribution in [0.15, 0.2) is 46.6 Å². The number of aryl methyl sites for hydroxylation is 1. The van der Waals surface area contributed by atoms with E-state index in [1.807, 2.05) is 31.2 Å².